The minimum absolute atomic E-state index is 0.0705. The van der Waals surface area contributed by atoms with Gasteiger partial charge in [0.05, 0.1) is 11.7 Å². The van der Waals surface area contributed by atoms with Gasteiger partial charge in [0.1, 0.15) is 11.4 Å². The number of amides is 1. The number of imidazole rings is 1. The fraction of sp³-hybridized carbons (Fsp3) is 0.789. The molecule has 1 amide bonds. The Morgan fingerprint density at radius 2 is 2.00 bits per heavy atom. The summed E-state index contributed by atoms with van der Waals surface area (Å²) >= 11 is 0. The number of H-pyrrole nitrogens is 1. The van der Waals surface area contributed by atoms with Gasteiger partial charge in [0, 0.05) is 11.6 Å². The van der Waals surface area contributed by atoms with Gasteiger partial charge in [0.15, 0.2) is 0 Å². The molecule has 136 valence electrons. The number of aromatic amines is 1. The van der Waals surface area contributed by atoms with E-state index < -0.39 is 5.60 Å². The van der Waals surface area contributed by atoms with Crippen LogP contribution in [0.25, 0.3) is 0 Å². The molecule has 2 atom stereocenters. The van der Waals surface area contributed by atoms with E-state index >= 15 is 0 Å². The second kappa shape index (κ2) is 6.77. The van der Waals surface area contributed by atoms with Gasteiger partial charge in [0.2, 0.25) is 0 Å². The van der Waals surface area contributed by atoms with Gasteiger partial charge in [-0.25, -0.2) is 9.78 Å². The Kier molecular flexibility index (Phi) is 5.31. The molecule has 0 radical (unpaired) electrons. The van der Waals surface area contributed by atoms with Crippen LogP contribution in [0.1, 0.15) is 96.9 Å². The Morgan fingerprint density at radius 1 is 1.33 bits per heavy atom. The van der Waals surface area contributed by atoms with Gasteiger partial charge in [-0.2, -0.15) is 0 Å². The largest absolute Gasteiger partial charge is 0.444 e. The van der Waals surface area contributed by atoms with Crippen molar-refractivity contribution in [3.8, 4) is 0 Å². The summed E-state index contributed by atoms with van der Waals surface area (Å²) in [5.74, 6) is 1.40. The predicted octanol–water partition coefficient (Wildman–Crippen LogP) is 4.85. The highest BCUT2D eigenvalue weighted by Crippen LogP contribution is 2.36. The number of fused-ring (bicyclic) bond motifs is 1. The van der Waals surface area contributed by atoms with Crippen LogP contribution in [0.15, 0.2) is 0 Å². The Hall–Kier alpha value is -1.52. The molecule has 0 spiro atoms. The normalized spacial score (nSPS) is 19.0. The summed E-state index contributed by atoms with van der Waals surface area (Å²) in [7, 11) is 0. The zero-order chi connectivity index (χ0) is 18.1. The number of carbonyl (C=O) groups excluding carboxylic acids is 1. The number of hydrogen-bond acceptors (Lipinski definition) is 3. The first-order valence-corrected chi connectivity index (χ1v) is 9.06. The highest BCUT2D eigenvalue weighted by Gasteiger charge is 2.31. The van der Waals surface area contributed by atoms with Gasteiger partial charge in [-0.15, -0.1) is 0 Å². The van der Waals surface area contributed by atoms with Gasteiger partial charge in [0.25, 0.3) is 0 Å². The van der Waals surface area contributed by atoms with Crippen LogP contribution >= 0.6 is 0 Å². The molecular formula is C19H33N3O2. The van der Waals surface area contributed by atoms with Crippen LogP contribution in [0.3, 0.4) is 0 Å². The molecule has 2 unspecified atom stereocenters. The summed E-state index contributed by atoms with van der Waals surface area (Å²) in [6.45, 7) is 14.3. The zero-order valence-electron chi connectivity index (χ0n) is 16.2. The van der Waals surface area contributed by atoms with E-state index in [0.29, 0.717) is 5.92 Å². The average molecular weight is 335 g/mol. The van der Waals surface area contributed by atoms with Crippen molar-refractivity contribution in [2.45, 2.75) is 91.7 Å². The summed E-state index contributed by atoms with van der Waals surface area (Å²) in [6, 6.07) is -0.164. The van der Waals surface area contributed by atoms with Crippen LogP contribution in [0, 0.1) is 5.41 Å². The van der Waals surface area contributed by atoms with Crippen molar-refractivity contribution in [2.75, 3.05) is 0 Å². The van der Waals surface area contributed by atoms with Crippen molar-refractivity contribution in [2.24, 2.45) is 5.41 Å². The van der Waals surface area contributed by atoms with Crippen molar-refractivity contribution >= 4 is 6.09 Å². The van der Waals surface area contributed by atoms with Crippen LogP contribution in [-0.4, -0.2) is 21.7 Å². The van der Waals surface area contributed by atoms with E-state index in [1.807, 2.05) is 20.8 Å². The van der Waals surface area contributed by atoms with Gasteiger partial charge in [-0.05, 0) is 51.9 Å². The molecule has 5 heteroatoms. The number of rotatable bonds is 4. The lowest BCUT2D eigenvalue weighted by molar-refractivity contribution is 0.0489. The van der Waals surface area contributed by atoms with E-state index in [1.165, 1.54) is 17.8 Å². The van der Waals surface area contributed by atoms with Crippen molar-refractivity contribution in [1.29, 1.82) is 0 Å². The highest BCUT2D eigenvalue weighted by molar-refractivity contribution is 5.68. The first kappa shape index (κ1) is 18.8. The van der Waals surface area contributed by atoms with Crippen LogP contribution in [0.4, 0.5) is 4.79 Å². The molecular weight excluding hydrogens is 302 g/mol. The number of ether oxygens (including phenoxy) is 1. The molecule has 1 aliphatic rings. The maximum atomic E-state index is 12.2. The lowest BCUT2D eigenvalue weighted by Crippen LogP contribution is -2.36. The maximum absolute atomic E-state index is 12.2. The van der Waals surface area contributed by atoms with Crippen molar-refractivity contribution in [3.63, 3.8) is 0 Å². The topological polar surface area (TPSA) is 67.0 Å². The average Bonchev–Trinajstić information content (AvgIpc) is 2.92. The van der Waals surface area contributed by atoms with E-state index in [0.717, 1.165) is 25.1 Å². The molecule has 1 heterocycles. The second-order valence-electron chi connectivity index (χ2n) is 9.09. The number of nitrogens with one attached hydrogen (secondary N) is 2. The SMILES string of the molecule is CCC1CCc2[nH]c(C(CC(C)(C)C)NC(=O)OC(C)(C)C)nc21. The van der Waals surface area contributed by atoms with Crippen LogP contribution in [-0.2, 0) is 11.2 Å². The standard InChI is InChI=1S/C19H33N3O2/c1-8-12-9-10-13-15(12)22-16(20-13)14(11-18(2,3)4)21-17(23)24-19(5,6)7/h12,14H,8-11H2,1-7H3,(H,20,22)(H,21,23). The third-order valence-corrected chi connectivity index (χ3v) is 4.29. The first-order chi connectivity index (χ1) is 11.0. The Balaban J connectivity index is 2.19. The smallest absolute Gasteiger partial charge is 0.408 e. The zero-order valence-corrected chi connectivity index (χ0v) is 16.2. The molecule has 0 aromatic carbocycles. The molecule has 5 nitrogen and oxygen atoms in total. The molecule has 1 aromatic rings. The van der Waals surface area contributed by atoms with Gasteiger partial charge >= 0.3 is 6.09 Å². The van der Waals surface area contributed by atoms with Crippen molar-refractivity contribution in [1.82, 2.24) is 15.3 Å². The molecule has 24 heavy (non-hydrogen) atoms. The Morgan fingerprint density at radius 3 is 2.54 bits per heavy atom. The Bertz CT molecular complexity index is 578. The van der Waals surface area contributed by atoms with Gasteiger partial charge in [-0.1, -0.05) is 27.7 Å². The third kappa shape index (κ3) is 4.99. The number of alkyl carbamates (subject to hydrolysis) is 1. The van der Waals surface area contributed by atoms with E-state index in [1.54, 1.807) is 0 Å². The predicted molar refractivity (Wildman–Crippen MR) is 96.1 cm³/mol. The fourth-order valence-corrected chi connectivity index (χ4v) is 3.27. The number of hydrogen-bond donors (Lipinski definition) is 2. The molecule has 1 aliphatic carbocycles. The lowest BCUT2D eigenvalue weighted by Gasteiger charge is -2.27. The van der Waals surface area contributed by atoms with Crippen molar-refractivity contribution in [3.05, 3.63) is 17.2 Å². The minimum Gasteiger partial charge on any atom is -0.444 e. The minimum atomic E-state index is -0.505. The molecule has 0 aliphatic heterocycles. The monoisotopic (exact) mass is 335 g/mol. The van der Waals surface area contributed by atoms with Crippen LogP contribution < -0.4 is 5.32 Å². The number of carbonyl (C=O) groups is 1. The molecule has 2 rings (SSSR count). The quantitative estimate of drug-likeness (QED) is 0.826. The molecule has 0 saturated heterocycles. The van der Waals surface area contributed by atoms with E-state index in [-0.39, 0.29) is 17.6 Å². The van der Waals surface area contributed by atoms with Crippen LogP contribution in [0.2, 0.25) is 0 Å². The first-order valence-electron chi connectivity index (χ1n) is 9.06. The highest BCUT2D eigenvalue weighted by atomic mass is 16.6. The second-order valence-corrected chi connectivity index (χ2v) is 9.09. The van der Waals surface area contributed by atoms with Gasteiger partial charge in [-0.3, -0.25) is 0 Å². The molecule has 1 aromatic heterocycles. The number of aromatic nitrogens is 2. The van der Waals surface area contributed by atoms with E-state index in [9.17, 15) is 4.79 Å². The lowest BCUT2D eigenvalue weighted by atomic mass is 9.88. The fourth-order valence-electron chi connectivity index (χ4n) is 3.27. The maximum Gasteiger partial charge on any atom is 0.408 e. The summed E-state index contributed by atoms with van der Waals surface area (Å²) in [6.07, 6.45) is 3.75. The van der Waals surface area contributed by atoms with Gasteiger partial charge < -0.3 is 15.0 Å². The molecule has 0 saturated carbocycles. The summed E-state index contributed by atoms with van der Waals surface area (Å²) in [5, 5.41) is 3.01. The van der Waals surface area contributed by atoms with Crippen molar-refractivity contribution < 1.29 is 9.53 Å². The van der Waals surface area contributed by atoms with E-state index in [2.05, 4.69) is 38.0 Å². The molecule has 0 fully saturated rings. The summed E-state index contributed by atoms with van der Waals surface area (Å²) in [4.78, 5) is 20.6. The molecule has 2 N–H and O–H groups in total. The van der Waals surface area contributed by atoms with Crippen LogP contribution in [0.5, 0.6) is 0 Å². The summed E-state index contributed by atoms with van der Waals surface area (Å²) in [5.41, 5.74) is 1.99. The Labute approximate surface area is 146 Å². The van der Waals surface area contributed by atoms with E-state index in [4.69, 9.17) is 9.72 Å². The number of nitrogens with zero attached hydrogens (tertiary/aromatic N) is 1. The number of aryl methyl sites for hydroxylation is 1. The third-order valence-electron chi connectivity index (χ3n) is 4.29. The molecule has 0 bridgehead atoms. The summed E-state index contributed by atoms with van der Waals surface area (Å²) < 4.78 is 5.43.